The lowest BCUT2D eigenvalue weighted by molar-refractivity contribution is -0.132. The second-order valence-electron chi connectivity index (χ2n) is 5.00. The first-order valence-corrected chi connectivity index (χ1v) is 7.14. The quantitative estimate of drug-likeness (QED) is 0.849. The molecule has 0 saturated carbocycles. The van der Waals surface area contributed by atoms with Gasteiger partial charge in [-0.15, -0.1) is 0 Å². The monoisotopic (exact) mass is 291 g/mol. The van der Waals surface area contributed by atoms with E-state index in [-0.39, 0.29) is 5.92 Å². The molecule has 1 N–H and O–H groups in total. The van der Waals surface area contributed by atoms with E-state index in [0.29, 0.717) is 17.6 Å². The van der Waals surface area contributed by atoms with Gasteiger partial charge in [0.15, 0.2) is 0 Å². The minimum atomic E-state index is -0.872. The fraction of sp³-hybridized carbons (Fsp3) is 0.158. The number of carboxylic acid groups (broad SMARTS) is 1. The molecular weight excluding hydrogens is 274 g/mol. The van der Waals surface area contributed by atoms with Gasteiger partial charge in [0.1, 0.15) is 0 Å². The van der Waals surface area contributed by atoms with Crippen LogP contribution in [0.2, 0.25) is 0 Å². The molecule has 1 unspecified atom stereocenters. The molecule has 0 saturated heterocycles. The molecule has 1 aliphatic carbocycles. The first kappa shape index (κ1) is 15.5. The summed E-state index contributed by atoms with van der Waals surface area (Å²) in [5.74, 6) is -0.921. The Morgan fingerprint density at radius 3 is 2.64 bits per heavy atom. The molecule has 0 fully saturated rings. The van der Waals surface area contributed by atoms with Crippen molar-refractivity contribution >= 4 is 12.0 Å². The number of rotatable bonds is 4. The normalized spacial score (nSPS) is 19.2. The number of aliphatic carboxylic acids is 1. The summed E-state index contributed by atoms with van der Waals surface area (Å²) in [5.41, 5.74) is 3.05. The Morgan fingerprint density at radius 2 is 2.05 bits per heavy atom. The molecule has 0 bridgehead atoms. The lowest BCUT2D eigenvalue weighted by atomic mass is 9.90. The lowest BCUT2D eigenvalue weighted by Gasteiger charge is -2.14. The van der Waals surface area contributed by atoms with Gasteiger partial charge in [-0.25, -0.2) is 4.79 Å². The van der Waals surface area contributed by atoms with Crippen molar-refractivity contribution in [1.82, 2.24) is 0 Å². The van der Waals surface area contributed by atoms with E-state index < -0.39 is 5.97 Å². The summed E-state index contributed by atoms with van der Waals surface area (Å²) in [6, 6.07) is 9.41. The zero-order valence-electron chi connectivity index (χ0n) is 12.4. The van der Waals surface area contributed by atoms with Crippen molar-refractivity contribution in [2.75, 3.05) is 0 Å². The van der Waals surface area contributed by atoms with Crippen LogP contribution in [-0.2, 0) is 4.79 Å². The summed E-state index contributed by atoms with van der Waals surface area (Å²) in [6.07, 6.45) is 12.1. The SMILES string of the molecule is CCC(=CC1C=CC=CC1=Cc1ccc(C#N)cc1)C(=O)O. The van der Waals surface area contributed by atoms with Crippen molar-refractivity contribution < 1.29 is 9.90 Å². The van der Waals surface area contributed by atoms with Crippen LogP contribution in [0.25, 0.3) is 6.08 Å². The number of hydrogen-bond donors (Lipinski definition) is 1. The molecule has 0 heterocycles. The Balaban J connectivity index is 2.32. The first-order valence-electron chi connectivity index (χ1n) is 7.14. The smallest absolute Gasteiger partial charge is 0.331 e. The minimum Gasteiger partial charge on any atom is -0.478 e. The molecule has 22 heavy (non-hydrogen) atoms. The van der Waals surface area contributed by atoms with Crippen LogP contribution < -0.4 is 0 Å². The van der Waals surface area contributed by atoms with Crippen LogP contribution in [0.5, 0.6) is 0 Å². The van der Waals surface area contributed by atoms with Gasteiger partial charge in [0.25, 0.3) is 0 Å². The Labute approximate surface area is 130 Å². The Hall–Kier alpha value is -2.86. The van der Waals surface area contributed by atoms with Crippen molar-refractivity contribution in [3.8, 4) is 6.07 Å². The number of nitriles is 1. The van der Waals surface area contributed by atoms with Gasteiger partial charge in [-0.3, -0.25) is 0 Å². The van der Waals surface area contributed by atoms with Crippen LogP contribution in [0, 0.1) is 17.2 Å². The number of carboxylic acids is 1. The fourth-order valence-electron chi connectivity index (χ4n) is 2.27. The highest BCUT2D eigenvalue weighted by Gasteiger charge is 2.13. The van der Waals surface area contributed by atoms with E-state index in [1.165, 1.54) is 0 Å². The topological polar surface area (TPSA) is 61.1 Å². The van der Waals surface area contributed by atoms with Gasteiger partial charge in [0.05, 0.1) is 11.6 Å². The fourth-order valence-corrected chi connectivity index (χ4v) is 2.27. The van der Waals surface area contributed by atoms with Crippen molar-refractivity contribution in [3.63, 3.8) is 0 Å². The summed E-state index contributed by atoms with van der Waals surface area (Å²) in [4.78, 5) is 11.2. The molecule has 1 aromatic rings. The summed E-state index contributed by atoms with van der Waals surface area (Å²) >= 11 is 0. The number of benzene rings is 1. The third-order valence-electron chi connectivity index (χ3n) is 3.51. The van der Waals surface area contributed by atoms with E-state index in [1.807, 2.05) is 49.4 Å². The van der Waals surface area contributed by atoms with E-state index in [4.69, 9.17) is 5.26 Å². The van der Waals surface area contributed by atoms with Crippen LogP contribution in [-0.4, -0.2) is 11.1 Å². The highest BCUT2D eigenvalue weighted by Crippen LogP contribution is 2.25. The van der Waals surface area contributed by atoms with Crippen molar-refractivity contribution in [3.05, 3.63) is 76.9 Å². The van der Waals surface area contributed by atoms with Gasteiger partial charge in [0, 0.05) is 11.5 Å². The summed E-state index contributed by atoms with van der Waals surface area (Å²) in [6.45, 7) is 1.84. The molecule has 2 rings (SSSR count). The third-order valence-corrected chi connectivity index (χ3v) is 3.51. The van der Waals surface area contributed by atoms with Gasteiger partial charge in [0.2, 0.25) is 0 Å². The van der Waals surface area contributed by atoms with Crippen LogP contribution in [0.1, 0.15) is 24.5 Å². The van der Waals surface area contributed by atoms with E-state index in [0.717, 1.165) is 11.1 Å². The average molecular weight is 291 g/mol. The van der Waals surface area contributed by atoms with Crippen LogP contribution in [0.4, 0.5) is 0 Å². The molecule has 0 radical (unpaired) electrons. The number of allylic oxidation sites excluding steroid dienone is 6. The molecule has 3 nitrogen and oxygen atoms in total. The zero-order valence-corrected chi connectivity index (χ0v) is 12.4. The minimum absolute atomic E-state index is 0.0494. The lowest BCUT2D eigenvalue weighted by Crippen LogP contribution is -2.05. The average Bonchev–Trinajstić information content (AvgIpc) is 2.54. The highest BCUT2D eigenvalue weighted by atomic mass is 16.4. The van der Waals surface area contributed by atoms with Gasteiger partial charge < -0.3 is 5.11 Å². The molecule has 1 aliphatic rings. The first-order chi connectivity index (χ1) is 10.6. The summed E-state index contributed by atoms with van der Waals surface area (Å²) < 4.78 is 0. The molecule has 0 aliphatic heterocycles. The van der Waals surface area contributed by atoms with E-state index >= 15 is 0 Å². The number of nitrogens with zero attached hydrogens (tertiary/aromatic N) is 1. The standard InChI is InChI=1S/C19H17NO2/c1-2-16(19(21)22)12-18-6-4-3-5-17(18)11-14-7-9-15(13-20)10-8-14/h3-12,18H,2H2,1H3,(H,21,22). The maximum absolute atomic E-state index is 11.2. The van der Waals surface area contributed by atoms with Crippen molar-refractivity contribution in [2.45, 2.75) is 13.3 Å². The van der Waals surface area contributed by atoms with E-state index in [9.17, 15) is 9.90 Å². The van der Waals surface area contributed by atoms with Crippen molar-refractivity contribution in [1.29, 1.82) is 5.26 Å². The maximum atomic E-state index is 11.2. The molecule has 110 valence electrons. The Morgan fingerprint density at radius 1 is 1.32 bits per heavy atom. The van der Waals surface area contributed by atoms with Gasteiger partial charge in [-0.05, 0) is 29.7 Å². The zero-order chi connectivity index (χ0) is 15.9. The van der Waals surface area contributed by atoms with E-state index in [1.54, 1.807) is 18.2 Å². The molecule has 1 atom stereocenters. The highest BCUT2D eigenvalue weighted by molar-refractivity contribution is 5.86. The predicted molar refractivity (Wildman–Crippen MR) is 86.9 cm³/mol. The Bertz CT molecular complexity index is 713. The maximum Gasteiger partial charge on any atom is 0.331 e. The summed E-state index contributed by atoms with van der Waals surface area (Å²) in [7, 11) is 0. The number of hydrogen-bond acceptors (Lipinski definition) is 2. The largest absolute Gasteiger partial charge is 0.478 e. The molecule has 0 aromatic heterocycles. The van der Waals surface area contributed by atoms with E-state index in [2.05, 4.69) is 6.07 Å². The van der Waals surface area contributed by atoms with Gasteiger partial charge >= 0.3 is 5.97 Å². The molecule has 0 spiro atoms. The second kappa shape index (κ2) is 7.24. The Kier molecular flexibility index (Phi) is 5.11. The third kappa shape index (κ3) is 3.83. The molecule has 3 heteroatoms. The molecular formula is C19H17NO2. The van der Waals surface area contributed by atoms with Crippen LogP contribution >= 0.6 is 0 Å². The second-order valence-corrected chi connectivity index (χ2v) is 5.00. The molecule has 0 amide bonds. The predicted octanol–water partition coefficient (Wildman–Crippen LogP) is 4.10. The van der Waals surface area contributed by atoms with Gasteiger partial charge in [-0.1, -0.05) is 55.5 Å². The van der Waals surface area contributed by atoms with Crippen molar-refractivity contribution in [2.24, 2.45) is 5.92 Å². The molecule has 1 aromatic carbocycles. The number of carbonyl (C=O) groups is 1. The van der Waals surface area contributed by atoms with Gasteiger partial charge in [-0.2, -0.15) is 5.26 Å². The van der Waals surface area contributed by atoms with Crippen LogP contribution in [0.15, 0.2) is 65.8 Å². The summed E-state index contributed by atoms with van der Waals surface area (Å²) in [5, 5.41) is 18.0. The van der Waals surface area contributed by atoms with Crippen LogP contribution in [0.3, 0.4) is 0 Å².